The molecule has 21 heavy (non-hydrogen) atoms. The van der Waals surface area contributed by atoms with Crippen molar-refractivity contribution in [2.45, 2.75) is 19.9 Å². The molecule has 0 heterocycles. The van der Waals surface area contributed by atoms with Gasteiger partial charge in [-0.1, -0.05) is 42.3 Å². The van der Waals surface area contributed by atoms with Gasteiger partial charge in [-0.2, -0.15) is 0 Å². The smallest absolute Gasteiger partial charge is 0.129 e. The summed E-state index contributed by atoms with van der Waals surface area (Å²) in [5, 5.41) is 3.70. The van der Waals surface area contributed by atoms with Gasteiger partial charge in [0.25, 0.3) is 0 Å². The second-order valence-corrected chi connectivity index (χ2v) is 5.28. The largest absolute Gasteiger partial charge is 0.496 e. The molecule has 0 bridgehead atoms. The Morgan fingerprint density at radius 1 is 1.29 bits per heavy atom. The van der Waals surface area contributed by atoms with Crippen LogP contribution in [-0.2, 0) is 0 Å². The maximum atomic E-state index is 14.3. The SMILES string of the molecule is CCNC(c1cc(C)ccc1OC)c1c(F)cccc1Cl. The molecule has 0 fully saturated rings. The fourth-order valence-electron chi connectivity index (χ4n) is 2.44. The zero-order valence-electron chi connectivity index (χ0n) is 12.4. The summed E-state index contributed by atoms with van der Waals surface area (Å²) in [6.45, 7) is 4.66. The molecule has 0 saturated carbocycles. The number of hydrogen-bond acceptors (Lipinski definition) is 2. The predicted octanol–water partition coefficient (Wildman–Crippen LogP) is 4.50. The molecule has 112 valence electrons. The number of rotatable bonds is 5. The molecule has 0 amide bonds. The highest BCUT2D eigenvalue weighted by molar-refractivity contribution is 6.31. The lowest BCUT2D eigenvalue weighted by Gasteiger charge is -2.23. The van der Waals surface area contributed by atoms with E-state index in [1.165, 1.54) is 6.07 Å². The monoisotopic (exact) mass is 307 g/mol. The Balaban J connectivity index is 2.61. The van der Waals surface area contributed by atoms with Crippen LogP contribution in [0.1, 0.15) is 29.7 Å². The highest BCUT2D eigenvalue weighted by Gasteiger charge is 2.23. The van der Waals surface area contributed by atoms with Gasteiger partial charge < -0.3 is 10.1 Å². The van der Waals surface area contributed by atoms with Crippen molar-refractivity contribution in [1.82, 2.24) is 5.32 Å². The molecule has 0 radical (unpaired) electrons. The number of aryl methyl sites for hydroxylation is 1. The van der Waals surface area contributed by atoms with Gasteiger partial charge in [-0.05, 0) is 31.7 Å². The van der Waals surface area contributed by atoms with Gasteiger partial charge in [0.05, 0.1) is 13.2 Å². The number of nitrogens with one attached hydrogen (secondary N) is 1. The van der Waals surface area contributed by atoms with Crippen LogP contribution in [-0.4, -0.2) is 13.7 Å². The van der Waals surface area contributed by atoms with E-state index in [0.29, 0.717) is 22.9 Å². The van der Waals surface area contributed by atoms with E-state index in [4.69, 9.17) is 16.3 Å². The average molecular weight is 308 g/mol. The third kappa shape index (κ3) is 3.36. The number of hydrogen-bond donors (Lipinski definition) is 1. The Morgan fingerprint density at radius 2 is 2.05 bits per heavy atom. The molecule has 1 N–H and O–H groups in total. The number of halogens is 2. The van der Waals surface area contributed by atoms with Gasteiger partial charge in [-0.3, -0.25) is 0 Å². The number of ether oxygens (including phenoxy) is 1. The molecular weight excluding hydrogens is 289 g/mol. The van der Waals surface area contributed by atoms with E-state index in [2.05, 4.69) is 5.32 Å². The molecule has 2 aromatic rings. The summed E-state index contributed by atoms with van der Waals surface area (Å²) < 4.78 is 19.7. The first-order valence-electron chi connectivity index (χ1n) is 6.90. The van der Waals surface area contributed by atoms with Gasteiger partial charge >= 0.3 is 0 Å². The van der Waals surface area contributed by atoms with Crippen LogP contribution in [0.2, 0.25) is 5.02 Å². The van der Waals surface area contributed by atoms with Crippen LogP contribution in [0.4, 0.5) is 4.39 Å². The minimum Gasteiger partial charge on any atom is -0.496 e. The van der Waals surface area contributed by atoms with Gasteiger partial charge in [0.15, 0.2) is 0 Å². The molecule has 1 unspecified atom stereocenters. The summed E-state index contributed by atoms with van der Waals surface area (Å²) in [6.07, 6.45) is 0. The average Bonchev–Trinajstić information content (AvgIpc) is 2.46. The second-order valence-electron chi connectivity index (χ2n) is 4.87. The summed E-state index contributed by atoms with van der Waals surface area (Å²) in [5.74, 6) is 0.392. The van der Waals surface area contributed by atoms with E-state index in [1.54, 1.807) is 19.2 Å². The molecule has 0 aliphatic heterocycles. The molecule has 0 aromatic heterocycles. The van der Waals surface area contributed by atoms with Crippen molar-refractivity contribution in [2.24, 2.45) is 0 Å². The first-order valence-corrected chi connectivity index (χ1v) is 7.28. The van der Waals surface area contributed by atoms with E-state index in [0.717, 1.165) is 11.1 Å². The van der Waals surface area contributed by atoms with Crippen molar-refractivity contribution in [3.8, 4) is 5.75 Å². The van der Waals surface area contributed by atoms with Gasteiger partial charge in [0.1, 0.15) is 11.6 Å². The number of methoxy groups -OCH3 is 1. The molecule has 2 aromatic carbocycles. The molecular formula is C17H19ClFNO. The minimum atomic E-state index is -0.349. The van der Waals surface area contributed by atoms with Gasteiger partial charge in [0.2, 0.25) is 0 Å². The number of benzene rings is 2. The summed E-state index contributed by atoms with van der Waals surface area (Å²) in [5.41, 5.74) is 2.41. The Hall–Kier alpha value is -1.58. The third-order valence-corrected chi connectivity index (χ3v) is 3.72. The molecule has 0 aliphatic carbocycles. The van der Waals surface area contributed by atoms with Crippen LogP contribution in [0.15, 0.2) is 36.4 Å². The van der Waals surface area contributed by atoms with Crippen molar-refractivity contribution in [3.05, 3.63) is 63.9 Å². The lowest BCUT2D eigenvalue weighted by Crippen LogP contribution is -2.24. The van der Waals surface area contributed by atoms with E-state index in [-0.39, 0.29) is 11.9 Å². The van der Waals surface area contributed by atoms with E-state index in [1.807, 2.05) is 32.0 Å². The Kier molecular flexibility index (Phi) is 5.21. The van der Waals surface area contributed by atoms with Crippen LogP contribution in [0, 0.1) is 12.7 Å². The quantitative estimate of drug-likeness (QED) is 0.878. The first kappa shape index (κ1) is 15.8. The van der Waals surface area contributed by atoms with Gasteiger partial charge in [0, 0.05) is 16.1 Å². The lowest BCUT2D eigenvalue weighted by molar-refractivity contribution is 0.403. The lowest BCUT2D eigenvalue weighted by atomic mass is 9.95. The van der Waals surface area contributed by atoms with E-state index >= 15 is 0 Å². The molecule has 2 rings (SSSR count). The Bertz CT molecular complexity index is 610. The van der Waals surface area contributed by atoms with E-state index < -0.39 is 0 Å². The fourth-order valence-corrected chi connectivity index (χ4v) is 2.71. The fraction of sp³-hybridized carbons (Fsp3) is 0.294. The van der Waals surface area contributed by atoms with Crippen LogP contribution in [0.3, 0.4) is 0 Å². The van der Waals surface area contributed by atoms with Crippen molar-refractivity contribution in [3.63, 3.8) is 0 Å². The molecule has 2 nitrogen and oxygen atoms in total. The summed E-state index contributed by atoms with van der Waals surface area (Å²) in [6, 6.07) is 10.2. The van der Waals surface area contributed by atoms with Gasteiger partial charge in [-0.25, -0.2) is 4.39 Å². The maximum Gasteiger partial charge on any atom is 0.129 e. The minimum absolute atomic E-state index is 0.322. The topological polar surface area (TPSA) is 21.3 Å². The highest BCUT2D eigenvalue weighted by atomic mass is 35.5. The Labute approximate surface area is 129 Å². The summed E-state index contributed by atoms with van der Waals surface area (Å²) >= 11 is 6.22. The zero-order valence-corrected chi connectivity index (χ0v) is 13.2. The normalized spacial score (nSPS) is 12.2. The third-order valence-electron chi connectivity index (χ3n) is 3.39. The van der Waals surface area contributed by atoms with E-state index in [9.17, 15) is 4.39 Å². The summed E-state index contributed by atoms with van der Waals surface area (Å²) in [7, 11) is 1.61. The van der Waals surface area contributed by atoms with Crippen LogP contribution >= 0.6 is 11.6 Å². The van der Waals surface area contributed by atoms with Crippen molar-refractivity contribution >= 4 is 11.6 Å². The molecule has 0 saturated heterocycles. The zero-order chi connectivity index (χ0) is 15.4. The Morgan fingerprint density at radius 3 is 2.67 bits per heavy atom. The highest BCUT2D eigenvalue weighted by Crippen LogP contribution is 2.35. The standard InChI is InChI=1S/C17H19ClFNO/c1-4-20-17(16-13(18)6-5-7-14(16)19)12-10-11(2)8-9-15(12)21-3/h5-10,17,20H,4H2,1-3H3. The molecule has 0 aliphatic rings. The molecule has 1 atom stereocenters. The van der Waals surface area contributed by atoms with Crippen LogP contribution in [0.5, 0.6) is 5.75 Å². The summed E-state index contributed by atoms with van der Waals surface area (Å²) in [4.78, 5) is 0. The molecule has 0 spiro atoms. The van der Waals surface area contributed by atoms with Crippen LogP contribution in [0.25, 0.3) is 0 Å². The second kappa shape index (κ2) is 6.92. The maximum absolute atomic E-state index is 14.3. The van der Waals surface area contributed by atoms with Crippen molar-refractivity contribution in [2.75, 3.05) is 13.7 Å². The van der Waals surface area contributed by atoms with Crippen molar-refractivity contribution in [1.29, 1.82) is 0 Å². The van der Waals surface area contributed by atoms with Crippen LogP contribution < -0.4 is 10.1 Å². The molecule has 4 heteroatoms. The van der Waals surface area contributed by atoms with Gasteiger partial charge in [-0.15, -0.1) is 0 Å². The predicted molar refractivity (Wildman–Crippen MR) is 84.7 cm³/mol. The first-order chi connectivity index (χ1) is 10.1. The van der Waals surface area contributed by atoms with Crippen molar-refractivity contribution < 1.29 is 9.13 Å².